The molecule has 118 valence electrons. The fraction of sp³-hybridized carbons (Fsp3) is 0.588. The molecule has 1 unspecified atom stereocenters. The van der Waals surface area contributed by atoms with E-state index in [-0.39, 0.29) is 11.9 Å². The van der Waals surface area contributed by atoms with E-state index in [2.05, 4.69) is 17.1 Å². The Morgan fingerprint density at radius 2 is 1.90 bits per heavy atom. The summed E-state index contributed by atoms with van der Waals surface area (Å²) in [5.41, 5.74) is 1.18. The topological polar surface area (TPSA) is 41.6 Å². The van der Waals surface area contributed by atoms with E-state index >= 15 is 0 Å². The number of methoxy groups -OCH3 is 1. The normalized spacial score (nSPS) is 12.2. The van der Waals surface area contributed by atoms with Crippen LogP contribution in [0.1, 0.15) is 44.2 Å². The van der Waals surface area contributed by atoms with Crippen molar-refractivity contribution in [3.63, 3.8) is 0 Å². The predicted octanol–water partition coefficient (Wildman–Crippen LogP) is 2.99. The van der Waals surface area contributed by atoms with E-state index in [1.54, 1.807) is 7.11 Å². The van der Waals surface area contributed by atoms with Crippen LogP contribution in [0.4, 0.5) is 0 Å². The van der Waals surface area contributed by atoms with Gasteiger partial charge in [-0.2, -0.15) is 0 Å². The average Bonchev–Trinajstić information content (AvgIpc) is 2.48. The first-order valence-corrected chi connectivity index (χ1v) is 7.65. The summed E-state index contributed by atoms with van der Waals surface area (Å²) in [6.45, 7) is 2.77. The second kappa shape index (κ2) is 9.40. The van der Waals surface area contributed by atoms with Crippen LogP contribution in [0, 0.1) is 0 Å². The van der Waals surface area contributed by atoms with Crippen molar-refractivity contribution in [2.45, 2.75) is 38.6 Å². The molecule has 1 amide bonds. The standard InChI is InChI=1S/C17H28N2O2/c1-5-6-7-8-17(20)18-13-16(19(2)3)14-9-11-15(21-4)12-10-14/h9-12,16H,5-8,13H2,1-4H3,(H,18,20). The van der Waals surface area contributed by atoms with Crippen molar-refractivity contribution in [2.75, 3.05) is 27.7 Å². The van der Waals surface area contributed by atoms with E-state index in [1.165, 1.54) is 5.56 Å². The van der Waals surface area contributed by atoms with Crippen LogP contribution in [0.25, 0.3) is 0 Å². The van der Waals surface area contributed by atoms with E-state index < -0.39 is 0 Å². The second-order valence-electron chi connectivity index (χ2n) is 5.51. The van der Waals surface area contributed by atoms with Crippen molar-refractivity contribution in [1.82, 2.24) is 10.2 Å². The summed E-state index contributed by atoms with van der Waals surface area (Å²) in [5, 5.41) is 3.04. The van der Waals surface area contributed by atoms with Gasteiger partial charge in [0.05, 0.1) is 13.2 Å². The van der Waals surface area contributed by atoms with Gasteiger partial charge in [-0.25, -0.2) is 0 Å². The predicted molar refractivity (Wildman–Crippen MR) is 86.6 cm³/mol. The van der Waals surface area contributed by atoms with Crippen molar-refractivity contribution in [1.29, 1.82) is 0 Å². The number of nitrogens with zero attached hydrogens (tertiary/aromatic N) is 1. The average molecular weight is 292 g/mol. The summed E-state index contributed by atoms with van der Waals surface area (Å²) in [4.78, 5) is 13.9. The van der Waals surface area contributed by atoms with Crippen LogP contribution in [0.3, 0.4) is 0 Å². The van der Waals surface area contributed by atoms with Crippen molar-refractivity contribution in [2.24, 2.45) is 0 Å². The van der Waals surface area contributed by atoms with E-state index in [4.69, 9.17) is 4.74 Å². The maximum Gasteiger partial charge on any atom is 0.220 e. The zero-order valence-corrected chi connectivity index (χ0v) is 13.7. The third-order valence-electron chi connectivity index (χ3n) is 3.62. The summed E-state index contributed by atoms with van der Waals surface area (Å²) < 4.78 is 5.18. The van der Waals surface area contributed by atoms with Crippen LogP contribution >= 0.6 is 0 Å². The first-order valence-electron chi connectivity index (χ1n) is 7.65. The molecule has 0 spiro atoms. The fourth-order valence-corrected chi connectivity index (χ4v) is 2.26. The molecule has 0 saturated heterocycles. The van der Waals surface area contributed by atoms with Gasteiger partial charge in [0.25, 0.3) is 0 Å². The Hall–Kier alpha value is -1.55. The highest BCUT2D eigenvalue weighted by atomic mass is 16.5. The Morgan fingerprint density at radius 3 is 2.43 bits per heavy atom. The van der Waals surface area contributed by atoms with Gasteiger partial charge >= 0.3 is 0 Å². The Morgan fingerprint density at radius 1 is 1.24 bits per heavy atom. The van der Waals surface area contributed by atoms with Crippen LogP contribution in [0.15, 0.2) is 24.3 Å². The summed E-state index contributed by atoms with van der Waals surface area (Å²) in [6, 6.07) is 8.18. The number of ether oxygens (including phenoxy) is 1. The van der Waals surface area contributed by atoms with Gasteiger partial charge in [-0.3, -0.25) is 4.79 Å². The minimum absolute atomic E-state index is 0.142. The van der Waals surface area contributed by atoms with Crippen LogP contribution in [0.2, 0.25) is 0 Å². The fourth-order valence-electron chi connectivity index (χ4n) is 2.26. The molecule has 4 heteroatoms. The van der Waals surface area contributed by atoms with E-state index in [0.717, 1.165) is 25.0 Å². The van der Waals surface area contributed by atoms with Gasteiger partial charge in [-0.1, -0.05) is 31.9 Å². The Kier molecular flexibility index (Phi) is 7.83. The molecule has 0 aliphatic heterocycles. The number of carbonyl (C=O) groups excluding carboxylic acids is 1. The molecular weight excluding hydrogens is 264 g/mol. The monoisotopic (exact) mass is 292 g/mol. The highest BCUT2D eigenvalue weighted by molar-refractivity contribution is 5.75. The number of hydrogen-bond acceptors (Lipinski definition) is 3. The van der Waals surface area contributed by atoms with E-state index in [0.29, 0.717) is 13.0 Å². The summed E-state index contributed by atoms with van der Waals surface area (Å²) in [6.07, 6.45) is 3.84. The lowest BCUT2D eigenvalue weighted by molar-refractivity contribution is -0.121. The maximum atomic E-state index is 11.8. The lowest BCUT2D eigenvalue weighted by Crippen LogP contribution is -2.34. The van der Waals surface area contributed by atoms with Crippen LogP contribution in [0.5, 0.6) is 5.75 Å². The summed E-state index contributed by atoms with van der Waals surface area (Å²) in [7, 11) is 5.71. The third-order valence-corrected chi connectivity index (χ3v) is 3.62. The Labute approximate surface area is 128 Å². The van der Waals surface area contributed by atoms with Gasteiger partial charge in [0, 0.05) is 13.0 Å². The largest absolute Gasteiger partial charge is 0.497 e. The molecule has 0 fully saturated rings. The third kappa shape index (κ3) is 6.17. The molecule has 21 heavy (non-hydrogen) atoms. The number of amides is 1. The molecule has 4 nitrogen and oxygen atoms in total. The van der Waals surface area contributed by atoms with Gasteiger partial charge in [-0.05, 0) is 38.2 Å². The van der Waals surface area contributed by atoms with Crippen LogP contribution in [-0.2, 0) is 4.79 Å². The highest BCUT2D eigenvalue weighted by Crippen LogP contribution is 2.20. The van der Waals surface area contributed by atoms with E-state index in [9.17, 15) is 4.79 Å². The summed E-state index contributed by atoms with van der Waals surface area (Å²) in [5.74, 6) is 0.990. The van der Waals surface area contributed by atoms with Crippen molar-refractivity contribution in [3.05, 3.63) is 29.8 Å². The molecule has 0 bridgehead atoms. The molecule has 1 aromatic carbocycles. The molecule has 0 radical (unpaired) electrons. The zero-order chi connectivity index (χ0) is 15.7. The van der Waals surface area contributed by atoms with Gasteiger partial charge in [-0.15, -0.1) is 0 Å². The van der Waals surface area contributed by atoms with Crippen LogP contribution in [-0.4, -0.2) is 38.6 Å². The number of benzene rings is 1. The number of carbonyl (C=O) groups is 1. The first-order chi connectivity index (χ1) is 10.1. The quantitative estimate of drug-likeness (QED) is 0.711. The minimum atomic E-state index is 0.142. The lowest BCUT2D eigenvalue weighted by Gasteiger charge is -2.25. The van der Waals surface area contributed by atoms with Gasteiger partial charge in [0.1, 0.15) is 5.75 Å². The molecular formula is C17H28N2O2. The van der Waals surface area contributed by atoms with Crippen molar-refractivity contribution in [3.8, 4) is 5.75 Å². The Bertz CT molecular complexity index is 415. The number of hydrogen-bond donors (Lipinski definition) is 1. The number of rotatable bonds is 9. The number of likely N-dealkylation sites (N-methyl/N-ethyl adjacent to an activating group) is 1. The molecule has 0 aliphatic rings. The molecule has 0 aromatic heterocycles. The Balaban J connectivity index is 2.55. The summed E-state index contributed by atoms with van der Waals surface area (Å²) >= 11 is 0. The van der Waals surface area contributed by atoms with Gasteiger partial charge < -0.3 is 15.0 Å². The van der Waals surface area contributed by atoms with Gasteiger partial charge in [0.2, 0.25) is 5.91 Å². The molecule has 0 saturated carbocycles. The number of nitrogens with one attached hydrogen (secondary N) is 1. The molecule has 1 aromatic rings. The number of unbranched alkanes of at least 4 members (excludes halogenated alkanes) is 2. The van der Waals surface area contributed by atoms with E-state index in [1.807, 2.05) is 38.4 Å². The molecule has 0 aliphatic carbocycles. The van der Waals surface area contributed by atoms with Gasteiger partial charge in [0.15, 0.2) is 0 Å². The zero-order valence-electron chi connectivity index (χ0n) is 13.7. The SMILES string of the molecule is CCCCCC(=O)NCC(c1ccc(OC)cc1)N(C)C. The lowest BCUT2D eigenvalue weighted by atomic mass is 10.1. The van der Waals surface area contributed by atoms with Crippen molar-refractivity contribution < 1.29 is 9.53 Å². The van der Waals surface area contributed by atoms with Crippen molar-refractivity contribution >= 4 is 5.91 Å². The molecule has 1 atom stereocenters. The second-order valence-corrected chi connectivity index (χ2v) is 5.51. The highest BCUT2D eigenvalue weighted by Gasteiger charge is 2.15. The smallest absolute Gasteiger partial charge is 0.220 e. The van der Waals surface area contributed by atoms with Crippen LogP contribution < -0.4 is 10.1 Å². The first kappa shape index (κ1) is 17.5. The molecule has 1 N–H and O–H groups in total. The molecule has 0 heterocycles. The maximum absolute atomic E-state index is 11.8. The molecule has 1 rings (SSSR count). The minimum Gasteiger partial charge on any atom is -0.497 e.